The van der Waals surface area contributed by atoms with Gasteiger partial charge in [-0.3, -0.25) is 9.59 Å². The second kappa shape index (κ2) is 6.03. The molecule has 0 atom stereocenters. The third kappa shape index (κ3) is 3.90. The topological polar surface area (TPSA) is 46.6 Å². The van der Waals surface area contributed by atoms with Gasteiger partial charge in [0, 0.05) is 31.8 Å². The molecule has 0 aliphatic heterocycles. The van der Waals surface area contributed by atoms with Gasteiger partial charge >= 0.3 is 5.97 Å². The lowest BCUT2D eigenvalue weighted by molar-refractivity contribution is -0.140. The minimum atomic E-state index is -0.358. The molecule has 0 radical (unpaired) electrons. The highest BCUT2D eigenvalue weighted by atomic mass is 16.5. The van der Waals surface area contributed by atoms with Gasteiger partial charge in [0.25, 0.3) is 0 Å². The smallest absolute Gasteiger partial charge is 0.305 e. The molecule has 1 aromatic carbocycles. The van der Waals surface area contributed by atoms with Crippen LogP contribution in [0.25, 0.3) is 0 Å². The zero-order chi connectivity index (χ0) is 12.8. The number of carbonyl (C=O) groups excluding carboxylic acids is 2. The molecule has 0 amide bonds. The highest BCUT2D eigenvalue weighted by molar-refractivity contribution is 5.97. The summed E-state index contributed by atoms with van der Waals surface area (Å²) in [5, 5.41) is 0. The Morgan fingerprint density at radius 3 is 2.18 bits per heavy atom. The van der Waals surface area contributed by atoms with E-state index in [4.69, 9.17) is 0 Å². The first-order chi connectivity index (χ1) is 8.04. The fourth-order valence-electron chi connectivity index (χ4n) is 1.41. The molecule has 0 aromatic heterocycles. The van der Waals surface area contributed by atoms with Crippen LogP contribution in [0.3, 0.4) is 0 Å². The van der Waals surface area contributed by atoms with Gasteiger partial charge in [-0.15, -0.1) is 0 Å². The Kier molecular flexibility index (Phi) is 4.69. The van der Waals surface area contributed by atoms with Crippen LogP contribution in [0, 0.1) is 0 Å². The van der Waals surface area contributed by atoms with E-state index in [0.717, 1.165) is 5.69 Å². The van der Waals surface area contributed by atoms with Crippen LogP contribution in [0.15, 0.2) is 24.3 Å². The Labute approximate surface area is 101 Å². The fourth-order valence-corrected chi connectivity index (χ4v) is 1.41. The second-order valence-electron chi connectivity index (χ2n) is 3.94. The standard InChI is InChI=1S/C13H17NO3/c1-14(2)11-6-4-10(5-7-11)12(15)8-9-13(16)17-3/h4-7H,8-9H2,1-3H3. The predicted molar refractivity (Wildman–Crippen MR) is 66.3 cm³/mol. The molecular formula is C13H17NO3. The summed E-state index contributed by atoms with van der Waals surface area (Å²) in [6.07, 6.45) is 0.318. The number of rotatable bonds is 5. The molecule has 0 heterocycles. The number of carbonyl (C=O) groups is 2. The van der Waals surface area contributed by atoms with Crippen LogP contribution in [-0.2, 0) is 9.53 Å². The predicted octanol–water partition coefficient (Wildman–Crippen LogP) is 1.89. The van der Waals surface area contributed by atoms with Crippen LogP contribution in [0.5, 0.6) is 0 Å². The van der Waals surface area contributed by atoms with E-state index in [0.29, 0.717) is 5.56 Å². The number of ketones is 1. The van der Waals surface area contributed by atoms with Gasteiger partial charge in [0.2, 0.25) is 0 Å². The molecule has 0 fully saturated rings. The lowest BCUT2D eigenvalue weighted by atomic mass is 10.1. The summed E-state index contributed by atoms with van der Waals surface area (Å²) >= 11 is 0. The zero-order valence-corrected chi connectivity index (χ0v) is 10.4. The van der Waals surface area contributed by atoms with Crippen molar-refractivity contribution in [3.63, 3.8) is 0 Å². The second-order valence-corrected chi connectivity index (χ2v) is 3.94. The van der Waals surface area contributed by atoms with Gasteiger partial charge in [0.05, 0.1) is 13.5 Å². The van der Waals surface area contributed by atoms with Gasteiger partial charge in [0.1, 0.15) is 0 Å². The summed E-state index contributed by atoms with van der Waals surface area (Å²) in [7, 11) is 5.20. The molecule has 1 aromatic rings. The average molecular weight is 235 g/mol. The van der Waals surface area contributed by atoms with Gasteiger partial charge in [0.15, 0.2) is 5.78 Å². The van der Waals surface area contributed by atoms with Gasteiger partial charge < -0.3 is 9.64 Å². The normalized spacial score (nSPS) is 9.82. The molecule has 0 N–H and O–H groups in total. The van der Waals surface area contributed by atoms with E-state index >= 15 is 0 Å². The number of benzene rings is 1. The van der Waals surface area contributed by atoms with Gasteiger partial charge in [-0.05, 0) is 24.3 Å². The molecule has 1 rings (SSSR count). The van der Waals surface area contributed by atoms with E-state index in [2.05, 4.69) is 4.74 Å². The average Bonchev–Trinajstić information content (AvgIpc) is 2.35. The number of anilines is 1. The lowest BCUT2D eigenvalue weighted by Gasteiger charge is -2.12. The van der Waals surface area contributed by atoms with Crippen molar-refractivity contribution in [2.45, 2.75) is 12.8 Å². The van der Waals surface area contributed by atoms with Gasteiger partial charge in [-0.25, -0.2) is 0 Å². The van der Waals surface area contributed by atoms with Crippen molar-refractivity contribution in [1.29, 1.82) is 0 Å². The summed E-state index contributed by atoms with van der Waals surface area (Å²) in [6.45, 7) is 0. The maximum Gasteiger partial charge on any atom is 0.305 e. The number of methoxy groups -OCH3 is 1. The molecule has 0 unspecified atom stereocenters. The zero-order valence-electron chi connectivity index (χ0n) is 10.4. The minimum absolute atomic E-state index is 0.0410. The van der Waals surface area contributed by atoms with Crippen LogP contribution in [-0.4, -0.2) is 33.0 Å². The first-order valence-electron chi connectivity index (χ1n) is 5.42. The highest BCUT2D eigenvalue weighted by Crippen LogP contribution is 2.14. The fraction of sp³-hybridized carbons (Fsp3) is 0.385. The molecule has 4 nitrogen and oxygen atoms in total. The van der Waals surface area contributed by atoms with Crippen LogP contribution < -0.4 is 4.90 Å². The van der Waals surface area contributed by atoms with E-state index in [1.54, 1.807) is 12.1 Å². The quantitative estimate of drug-likeness (QED) is 0.577. The van der Waals surface area contributed by atoms with Crippen molar-refractivity contribution in [1.82, 2.24) is 0 Å². The Hall–Kier alpha value is -1.84. The minimum Gasteiger partial charge on any atom is -0.469 e. The molecule has 17 heavy (non-hydrogen) atoms. The Bertz CT molecular complexity index is 396. The summed E-state index contributed by atoms with van der Waals surface area (Å²) < 4.78 is 4.49. The largest absolute Gasteiger partial charge is 0.469 e. The third-order valence-electron chi connectivity index (χ3n) is 2.49. The van der Waals surface area contributed by atoms with E-state index in [9.17, 15) is 9.59 Å². The van der Waals surface area contributed by atoms with Gasteiger partial charge in [-0.2, -0.15) is 0 Å². The summed E-state index contributed by atoms with van der Waals surface area (Å²) in [6, 6.07) is 7.31. The van der Waals surface area contributed by atoms with Crippen molar-refractivity contribution in [2.75, 3.05) is 26.1 Å². The van der Waals surface area contributed by atoms with E-state index in [1.165, 1.54) is 7.11 Å². The maximum atomic E-state index is 11.7. The molecule has 0 saturated carbocycles. The number of hydrogen-bond acceptors (Lipinski definition) is 4. The molecule has 0 aliphatic rings. The lowest BCUT2D eigenvalue weighted by Crippen LogP contribution is -2.09. The van der Waals surface area contributed by atoms with Crippen LogP contribution >= 0.6 is 0 Å². The number of esters is 1. The number of Topliss-reactive ketones (excluding diaryl/α,β-unsaturated/α-hetero) is 1. The van der Waals surface area contributed by atoms with Crippen molar-refractivity contribution in [2.24, 2.45) is 0 Å². The number of ether oxygens (including phenoxy) is 1. The Morgan fingerprint density at radius 1 is 1.12 bits per heavy atom. The van der Waals surface area contributed by atoms with Crippen molar-refractivity contribution in [3.8, 4) is 0 Å². The molecule has 0 bridgehead atoms. The summed E-state index contributed by atoms with van der Waals surface area (Å²) in [5.74, 6) is -0.399. The summed E-state index contributed by atoms with van der Waals surface area (Å²) in [5.41, 5.74) is 1.66. The summed E-state index contributed by atoms with van der Waals surface area (Å²) in [4.78, 5) is 24.6. The molecule has 4 heteroatoms. The van der Waals surface area contributed by atoms with E-state index in [-0.39, 0.29) is 24.6 Å². The van der Waals surface area contributed by atoms with E-state index in [1.807, 2.05) is 31.1 Å². The van der Waals surface area contributed by atoms with Crippen molar-refractivity contribution < 1.29 is 14.3 Å². The molecule has 0 aliphatic carbocycles. The Balaban J connectivity index is 2.61. The van der Waals surface area contributed by atoms with Crippen molar-refractivity contribution >= 4 is 17.4 Å². The molecule has 92 valence electrons. The first kappa shape index (κ1) is 13.2. The van der Waals surface area contributed by atoms with Crippen LogP contribution in [0.1, 0.15) is 23.2 Å². The third-order valence-corrected chi connectivity index (χ3v) is 2.49. The number of nitrogens with zero attached hydrogens (tertiary/aromatic N) is 1. The van der Waals surface area contributed by atoms with Gasteiger partial charge in [-0.1, -0.05) is 0 Å². The monoisotopic (exact) mass is 235 g/mol. The molecule has 0 saturated heterocycles. The maximum absolute atomic E-state index is 11.7. The SMILES string of the molecule is COC(=O)CCC(=O)c1ccc(N(C)C)cc1. The van der Waals surface area contributed by atoms with Crippen LogP contribution in [0.4, 0.5) is 5.69 Å². The number of hydrogen-bond donors (Lipinski definition) is 0. The van der Waals surface area contributed by atoms with Crippen molar-refractivity contribution in [3.05, 3.63) is 29.8 Å². The highest BCUT2D eigenvalue weighted by Gasteiger charge is 2.09. The molecular weight excluding hydrogens is 218 g/mol. The van der Waals surface area contributed by atoms with E-state index < -0.39 is 0 Å². The van der Waals surface area contributed by atoms with Crippen LogP contribution in [0.2, 0.25) is 0 Å². The molecule has 0 spiro atoms. The Morgan fingerprint density at radius 2 is 1.71 bits per heavy atom. The first-order valence-corrected chi connectivity index (χ1v) is 5.42.